The van der Waals surface area contributed by atoms with Gasteiger partial charge in [-0.2, -0.15) is 5.10 Å². The first-order valence-electron chi connectivity index (χ1n) is 6.73. The first kappa shape index (κ1) is 13.6. The number of hydrogen-bond donors (Lipinski definition) is 1. The van der Waals surface area contributed by atoms with Crippen LogP contribution in [0.3, 0.4) is 0 Å². The topological polar surface area (TPSA) is 46.9 Å². The summed E-state index contributed by atoms with van der Waals surface area (Å²) in [4.78, 5) is 12.4. The number of aryl methyl sites for hydroxylation is 2. The third-order valence-electron chi connectivity index (χ3n) is 3.67. The Hall–Kier alpha value is -1.37. The molecule has 3 rings (SSSR count). The third-order valence-corrected chi connectivity index (χ3v) is 4.46. The van der Waals surface area contributed by atoms with Gasteiger partial charge in [-0.25, -0.2) is 0 Å². The van der Waals surface area contributed by atoms with E-state index in [1.807, 2.05) is 19.3 Å². The van der Waals surface area contributed by atoms with Crippen molar-refractivity contribution in [3.8, 4) is 0 Å². The van der Waals surface area contributed by atoms with Gasteiger partial charge in [-0.3, -0.25) is 9.48 Å². The Labute approximate surface area is 131 Å². The largest absolute Gasteiger partial charge is 0.344 e. The van der Waals surface area contributed by atoms with Crippen molar-refractivity contribution >= 4 is 28.5 Å². The lowest BCUT2D eigenvalue weighted by Crippen LogP contribution is -2.31. The maximum atomic E-state index is 12.4. The van der Waals surface area contributed by atoms with E-state index >= 15 is 0 Å². The lowest BCUT2D eigenvalue weighted by molar-refractivity contribution is 0.0926. The van der Waals surface area contributed by atoms with E-state index in [2.05, 4.69) is 51.2 Å². The van der Waals surface area contributed by atoms with Crippen LogP contribution >= 0.6 is 22.6 Å². The van der Waals surface area contributed by atoms with Crippen molar-refractivity contribution in [3.63, 3.8) is 0 Å². The molecule has 0 aliphatic heterocycles. The maximum absolute atomic E-state index is 12.4. The number of halogens is 1. The number of carbonyl (C=O) groups is 1. The number of benzene rings is 1. The number of rotatable bonds is 2. The fraction of sp³-hybridized carbons (Fsp3) is 0.333. The Bertz CT molecular complexity index is 650. The van der Waals surface area contributed by atoms with Crippen LogP contribution in [0.2, 0.25) is 0 Å². The highest BCUT2D eigenvalue weighted by Crippen LogP contribution is 2.29. The first-order valence-corrected chi connectivity index (χ1v) is 7.81. The van der Waals surface area contributed by atoms with Gasteiger partial charge in [-0.05, 0) is 53.0 Å². The molecular formula is C15H16IN3O. The summed E-state index contributed by atoms with van der Waals surface area (Å²) in [6.07, 6.45) is 5.06. The molecule has 0 saturated carbocycles. The van der Waals surface area contributed by atoms with Crippen LogP contribution in [0.25, 0.3) is 0 Å². The fourth-order valence-corrected chi connectivity index (χ4v) is 3.50. The number of amides is 1. The van der Waals surface area contributed by atoms with Gasteiger partial charge in [0.1, 0.15) is 0 Å². The molecule has 2 aromatic rings. The van der Waals surface area contributed by atoms with Gasteiger partial charge < -0.3 is 5.32 Å². The normalized spacial score (nSPS) is 17.6. The van der Waals surface area contributed by atoms with Crippen molar-refractivity contribution in [2.45, 2.75) is 25.3 Å². The van der Waals surface area contributed by atoms with E-state index in [4.69, 9.17) is 0 Å². The molecule has 0 radical (unpaired) electrons. The minimum Gasteiger partial charge on any atom is -0.344 e. The van der Waals surface area contributed by atoms with Crippen LogP contribution in [0.5, 0.6) is 0 Å². The number of nitrogens with zero attached hydrogens (tertiary/aromatic N) is 2. The second kappa shape index (κ2) is 5.55. The minimum absolute atomic E-state index is 0.0864. The predicted octanol–water partition coefficient (Wildman–Crippen LogP) is 2.83. The molecule has 20 heavy (non-hydrogen) atoms. The zero-order valence-corrected chi connectivity index (χ0v) is 13.4. The van der Waals surface area contributed by atoms with Crippen LogP contribution in [0, 0.1) is 3.57 Å². The SMILES string of the molecule is Cn1cc(I)c(C(=O)NC2CCCc3ccccc32)n1. The molecule has 0 spiro atoms. The smallest absolute Gasteiger partial charge is 0.273 e. The number of hydrogen-bond acceptors (Lipinski definition) is 2. The highest BCUT2D eigenvalue weighted by Gasteiger charge is 2.23. The van der Waals surface area contributed by atoms with Gasteiger partial charge in [-0.15, -0.1) is 0 Å². The molecule has 4 nitrogen and oxygen atoms in total. The first-order chi connectivity index (χ1) is 9.65. The summed E-state index contributed by atoms with van der Waals surface area (Å²) >= 11 is 2.15. The Kier molecular flexibility index (Phi) is 3.78. The predicted molar refractivity (Wildman–Crippen MR) is 85.5 cm³/mol. The molecule has 0 bridgehead atoms. The van der Waals surface area contributed by atoms with E-state index in [1.165, 1.54) is 11.1 Å². The average Bonchev–Trinajstić information content (AvgIpc) is 2.78. The monoisotopic (exact) mass is 381 g/mol. The van der Waals surface area contributed by atoms with Gasteiger partial charge in [0.2, 0.25) is 0 Å². The zero-order chi connectivity index (χ0) is 14.1. The number of carbonyl (C=O) groups excluding carboxylic acids is 1. The second-order valence-corrected chi connectivity index (χ2v) is 6.28. The molecule has 1 heterocycles. The van der Waals surface area contributed by atoms with Crippen molar-refractivity contribution < 1.29 is 4.79 Å². The lowest BCUT2D eigenvalue weighted by Gasteiger charge is -2.26. The summed E-state index contributed by atoms with van der Waals surface area (Å²) < 4.78 is 2.55. The van der Waals surface area contributed by atoms with E-state index in [1.54, 1.807) is 4.68 Å². The lowest BCUT2D eigenvalue weighted by atomic mass is 9.88. The average molecular weight is 381 g/mol. The van der Waals surface area contributed by atoms with Gasteiger partial charge in [0.05, 0.1) is 9.61 Å². The van der Waals surface area contributed by atoms with Crippen LogP contribution < -0.4 is 5.32 Å². The van der Waals surface area contributed by atoms with Crippen molar-refractivity contribution in [1.82, 2.24) is 15.1 Å². The van der Waals surface area contributed by atoms with Gasteiger partial charge >= 0.3 is 0 Å². The number of fused-ring (bicyclic) bond motifs is 1. The molecule has 0 saturated heterocycles. The Morgan fingerprint density at radius 2 is 2.25 bits per heavy atom. The summed E-state index contributed by atoms with van der Waals surface area (Å²) in [5, 5.41) is 7.35. The molecule has 1 aliphatic carbocycles. The van der Waals surface area contributed by atoms with E-state index in [-0.39, 0.29) is 11.9 Å². The third kappa shape index (κ3) is 2.59. The Morgan fingerprint density at radius 1 is 1.45 bits per heavy atom. The second-order valence-electron chi connectivity index (χ2n) is 5.12. The van der Waals surface area contributed by atoms with Gasteiger partial charge in [0, 0.05) is 13.2 Å². The van der Waals surface area contributed by atoms with Crippen LogP contribution in [0.1, 0.15) is 40.5 Å². The van der Waals surface area contributed by atoms with Crippen molar-refractivity contribution in [3.05, 3.63) is 50.9 Å². The maximum Gasteiger partial charge on any atom is 0.273 e. The van der Waals surface area contributed by atoms with Crippen LogP contribution in [0.4, 0.5) is 0 Å². The van der Waals surface area contributed by atoms with Gasteiger partial charge in [-0.1, -0.05) is 24.3 Å². The number of aromatic nitrogens is 2. The summed E-state index contributed by atoms with van der Waals surface area (Å²) in [7, 11) is 1.83. The molecule has 1 atom stereocenters. The van der Waals surface area contributed by atoms with E-state index in [0.29, 0.717) is 5.69 Å². The molecule has 1 unspecified atom stereocenters. The molecule has 104 valence electrons. The van der Waals surface area contributed by atoms with Crippen molar-refractivity contribution in [2.24, 2.45) is 7.05 Å². The molecule has 1 aromatic heterocycles. The Morgan fingerprint density at radius 3 is 3.00 bits per heavy atom. The highest BCUT2D eigenvalue weighted by molar-refractivity contribution is 14.1. The van der Waals surface area contributed by atoms with Crippen molar-refractivity contribution in [2.75, 3.05) is 0 Å². The van der Waals surface area contributed by atoms with E-state index in [0.717, 1.165) is 22.8 Å². The van der Waals surface area contributed by atoms with Crippen LogP contribution in [-0.2, 0) is 13.5 Å². The van der Waals surface area contributed by atoms with Gasteiger partial charge in [0.25, 0.3) is 5.91 Å². The quantitative estimate of drug-likeness (QED) is 0.814. The van der Waals surface area contributed by atoms with Gasteiger partial charge in [0.15, 0.2) is 5.69 Å². The Balaban J connectivity index is 1.82. The molecule has 0 fully saturated rings. The summed E-state index contributed by atoms with van der Waals surface area (Å²) in [6.45, 7) is 0. The van der Waals surface area contributed by atoms with E-state index in [9.17, 15) is 4.79 Å². The van der Waals surface area contributed by atoms with E-state index < -0.39 is 0 Å². The zero-order valence-electron chi connectivity index (χ0n) is 11.3. The molecule has 5 heteroatoms. The summed E-state index contributed by atoms with van der Waals surface area (Å²) in [5.74, 6) is -0.0864. The minimum atomic E-state index is -0.0864. The summed E-state index contributed by atoms with van der Waals surface area (Å²) in [5.41, 5.74) is 3.11. The summed E-state index contributed by atoms with van der Waals surface area (Å²) in [6, 6.07) is 8.46. The number of nitrogens with one attached hydrogen (secondary N) is 1. The fourth-order valence-electron chi connectivity index (χ4n) is 2.74. The standard InChI is InChI=1S/C15H16IN3O/c1-19-9-12(16)14(18-19)15(20)17-13-8-4-6-10-5-2-3-7-11(10)13/h2-3,5,7,9,13H,4,6,8H2,1H3,(H,17,20). The highest BCUT2D eigenvalue weighted by atomic mass is 127. The van der Waals surface area contributed by atoms with Crippen LogP contribution in [0.15, 0.2) is 30.5 Å². The molecular weight excluding hydrogens is 365 g/mol. The van der Waals surface area contributed by atoms with Crippen molar-refractivity contribution in [1.29, 1.82) is 0 Å². The molecule has 1 amide bonds. The molecule has 1 N–H and O–H groups in total. The molecule has 1 aliphatic rings. The molecule has 1 aromatic carbocycles. The van der Waals surface area contributed by atoms with Crippen LogP contribution in [-0.4, -0.2) is 15.7 Å².